The lowest BCUT2D eigenvalue weighted by molar-refractivity contribution is -0.146. The van der Waals surface area contributed by atoms with Crippen LogP contribution in [0.25, 0.3) is 0 Å². The molecule has 2 rings (SSSR count). The molecule has 4 heteroatoms. The smallest absolute Gasteiger partial charge is 0.345 e. The molecule has 0 saturated heterocycles. The molecule has 0 aliphatic heterocycles. The zero-order chi connectivity index (χ0) is 10.8. The molecule has 3 nitrogen and oxygen atoms in total. The normalized spacial score (nSPS) is 17.1. The minimum absolute atomic E-state index is 0.193. The summed E-state index contributed by atoms with van der Waals surface area (Å²) in [6, 6.07) is 7.46. The SMILES string of the molecule is O=C(O)C(Oc1ccccc1I)C1CC1. The third kappa shape index (κ3) is 2.62. The van der Waals surface area contributed by atoms with E-state index in [1.54, 1.807) is 6.07 Å². The molecule has 0 heterocycles. The van der Waals surface area contributed by atoms with Crippen molar-refractivity contribution in [1.29, 1.82) is 0 Å². The Morgan fingerprint density at radius 2 is 2.13 bits per heavy atom. The molecule has 1 fully saturated rings. The van der Waals surface area contributed by atoms with Crippen LogP contribution in [0, 0.1) is 9.49 Å². The van der Waals surface area contributed by atoms with Crippen LogP contribution in [0.5, 0.6) is 5.75 Å². The van der Waals surface area contributed by atoms with Gasteiger partial charge < -0.3 is 9.84 Å². The van der Waals surface area contributed by atoms with E-state index in [1.165, 1.54) is 0 Å². The topological polar surface area (TPSA) is 46.5 Å². The first-order valence-electron chi connectivity index (χ1n) is 4.82. The molecule has 1 aromatic carbocycles. The highest BCUT2D eigenvalue weighted by atomic mass is 127. The second-order valence-electron chi connectivity index (χ2n) is 3.64. The molecule has 0 amide bonds. The Labute approximate surface area is 102 Å². The van der Waals surface area contributed by atoms with E-state index in [2.05, 4.69) is 22.6 Å². The summed E-state index contributed by atoms with van der Waals surface area (Å²) in [5.74, 6) is -0.00643. The van der Waals surface area contributed by atoms with Crippen LogP contribution in [0.4, 0.5) is 0 Å². The molecule has 15 heavy (non-hydrogen) atoms. The molecule has 80 valence electrons. The van der Waals surface area contributed by atoms with Crippen molar-refractivity contribution in [2.45, 2.75) is 18.9 Å². The first-order chi connectivity index (χ1) is 7.18. The predicted octanol–water partition coefficient (Wildman–Crippen LogP) is 2.53. The van der Waals surface area contributed by atoms with Crippen molar-refractivity contribution in [1.82, 2.24) is 0 Å². The van der Waals surface area contributed by atoms with E-state index < -0.39 is 12.1 Å². The van der Waals surface area contributed by atoms with Gasteiger partial charge in [-0.05, 0) is 47.6 Å². The fraction of sp³-hybridized carbons (Fsp3) is 0.364. The third-order valence-corrected chi connectivity index (χ3v) is 3.28. The number of halogens is 1. The van der Waals surface area contributed by atoms with Gasteiger partial charge in [-0.1, -0.05) is 12.1 Å². The number of hydrogen-bond donors (Lipinski definition) is 1. The van der Waals surface area contributed by atoms with Crippen molar-refractivity contribution in [2.75, 3.05) is 0 Å². The van der Waals surface area contributed by atoms with Crippen LogP contribution < -0.4 is 4.74 Å². The molecule has 0 bridgehead atoms. The van der Waals surface area contributed by atoms with E-state index in [0.717, 1.165) is 16.4 Å². The van der Waals surface area contributed by atoms with Crippen LogP contribution in [0.15, 0.2) is 24.3 Å². The molecule has 0 aromatic heterocycles. The standard InChI is InChI=1S/C11H11IO3/c12-8-3-1-2-4-9(8)15-10(11(13)14)7-5-6-7/h1-4,7,10H,5-6H2,(H,13,14). The van der Waals surface area contributed by atoms with Crippen LogP contribution in [0.2, 0.25) is 0 Å². The number of rotatable bonds is 4. The monoisotopic (exact) mass is 318 g/mol. The number of aliphatic carboxylic acids is 1. The van der Waals surface area contributed by atoms with Crippen molar-refractivity contribution in [3.63, 3.8) is 0 Å². The van der Waals surface area contributed by atoms with Gasteiger partial charge in [-0.3, -0.25) is 0 Å². The molecule has 1 N–H and O–H groups in total. The molecule has 0 spiro atoms. The Kier molecular flexibility index (Phi) is 3.14. The van der Waals surface area contributed by atoms with Crippen LogP contribution in [0.3, 0.4) is 0 Å². The minimum Gasteiger partial charge on any atom is -0.478 e. The zero-order valence-corrected chi connectivity index (χ0v) is 10.2. The second-order valence-corrected chi connectivity index (χ2v) is 4.81. The average Bonchev–Trinajstić information content (AvgIpc) is 2.99. The quantitative estimate of drug-likeness (QED) is 0.868. The fourth-order valence-corrected chi connectivity index (χ4v) is 1.94. The summed E-state index contributed by atoms with van der Waals surface area (Å²) in [7, 11) is 0. The van der Waals surface area contributed by atoms with Crippen molar-refractivity contribution in [3.05, 3.63) is 27.8 Å². The highest BCUT2D eigenvalue weighted by molar-refractivity contribution is 14.1. The minimum atomic E-state index is -0.864. The van der Waals surface area contributed by atoms with E-state index >= 15 is 0 Å². The van der Waals surface area contributed by atoms with Gasteiger partial charge >= 0.3 is 5.97 Å². The Morgan fingerprint density at radius 3 is 2.67 bits per heavy atom. The molecular weight excluding hydrogens is 307 g/mol. The van der Waals surface area contributed by atoms with Crippen molar-refractivity contribution >= 4 is 28.6 Å². The van der Waals surface area contributed by atoms with E-state index in [1.807, 2.05) is 18.2 Å². The number of carbonyl (C=O) groups is 1. The number of hydrogen-bond acceptors (Lipinski definition) is 2. The number of carboxylic acids is 1. The summed E-state index contributed by atoms with van der Waals surface area (Å²) in [5, 5.41) is 9.01. The van der Waals surface area contributed by atoms with Gasteiger partial charge in [0.2, 0.25) is 0 Å². The van der Waals surface area contributed by atoms with Gasteiger partial charge in [0.05, 0.1) is 3.57 Å². The first kappa shape index (κ1) is 10.7. The molecule has 0 radical (unpaired) electrons. The highest BCUT2D eigenvalue weighted by Crippen LogP contribution is 2.35. The maximum Gasteiger partial charge on any atom is 0.345 e. The summed E-state index contributed by atoms with van der Waals surface area (Å²) in [4.78, 5) is 11.0. The van der Waals surface area contributed by atoms with Crippen molar-refractivity contribution in [2.24, 2.45) is 5.92 Å². The molecule has 1 saturated carbocycles. The third-order valence-electron chi connectivity index (χ3n) is 2.38. The first-order valence-corrected chi connectivity index (χ1v) is 5.90. The maximum atomic E-state index is 11.0. The van der Waals surface area contributed by atoms with E-state index in [0.29, 0.717) is 5.75 Å². The zero-order valence-electron chi connectivity index (χ0n) is 8.02. The van der Waals surface area contributed by atoms with Crippen molar-refractivity contribution in [3.8, 4) is 5.75 Å². The molecule has 1 aromatic rings. The van der Waals surface area contributed by atoms with Crippen LogP contribution >= 0.6 is 22.6 Å². The summed E-state index contributed by atoms with van der Waals surface area (Å²) in [5.41, 5.74) is 0. The van der Waals surface area contributed by atoms with E-state index in [-0.39, 0.29) is 5.92 Å². The van der Waals surface area contributed by atoms with Gasteiger partial charge in [-0.15, -0.1) is 0 Å². The number of ether oxygens (including phenoxy) is 1. The van der Waals surface area contributed by atoms with Crippen LogP contribution in [0.1, 0.15) is 12.8 Å². The van der Waals surface area contributed by atoms with E-state index in [4.69, 9.17) is 9.84 Å². The van der Waals surface area contributed by atoms with Crippen LogP contribution in [-0.4, -0.2) is 17.2 Å². The summed E-state index contributed by atoms with van der Waals surface area (Å²) >= 11 is 2.14. The van der Waals surface area contributed by atoms with Gasteiger partial charge in [-0.2, -0.15) is 0 Å². The van der Waals surface area contributed by atoms with Crippen LogP contribution in [-0.2, 0) is 4.79 Å². The molecule has 1 aliphatic rings. The Hall–Kier alpha value is -0.780. The van der Waals surface area contributed by atoms with Gasteiger partial charge in [-0.25, -0.2) is 4.79 Å². The van der Waals surface area contributed by atoms with Crippen molar-refractivity contribution < 1.29 is 14.6 Å². The van der Waals surface area contributed by atoms with Gasteiger partial charge in [0.15, 0.2) is 6.10 Å². The predicted molar refractivity (Wildman–Crippen MR) is 63.9 cm³/mol. The summed E-state index contributed by atoms with van der Waals surface area (Å²) in [6.07, 6.45) is 1.24. The summed E-state index contributed by atoms with van der Waals surface area (Å²) < 4.78 is 6.47. The lowest BCUT2D eigenvalue weighted by Crippen LogP contribution is -2.29. The number of benzene rings is 1. The Morgan fingerprint density at radius 1 is 1.47 bits per heavy atom. The fourth-order valence-electron chi connectivity index (χ4n) is 1.42. The van der Waals surface area contributed by atoms with E-state index in [9.17, 15) is 4.79 Å². The maximum absolute atomic E-state index is 11.0. The highest BCUT2D eigenvalue weighted by Gasteiger charge is 2.38. The lowest BCUT2D eigenvalue weighted by atomic mass is 10.2. The van der Waals surface area contributed by atoms with Gasteiger partial charge in [0, 0.05) is 5.92 Å². The Balaban J connectivity index is 2.12. The molecular formula is C11H11IO3. The number of para-hydroxylation sites is 1. The average molecular weight is 318 g/mol. The van der Waals surface area contributed by atoms with Gasteiger partial charge in [0.1, 0.15) is 5.75 Å². The Bertz CT molecular complexity index is 374. The van der Waals surface area contributed by atoms with Gasteiger partial charge in [0.25, 0.3) is 0 Å². The lowest BCUT2D eigenvalue weighted by Gasteiger charge is -2.15. The summed E-state index contributed by atoms with van der Waals surface area (Å²) in [6.45, 7) is 0. The molecule has 1 aliphatic carbocycles. The largest absolute Gasteiger partial charge is 0.478 e. The molecule has 1 atom stereocenters. The number of carboxylic acid groups (broad SMARTS) is 1. The molecule has 1 unspecified atom stereocenters. The second kappa shape index (κ2) is 4.38.